The number of benzene rings is 1. The Morgan fingerprint density at radius 3 is 2.73 bits per heavy atom. The van der Waals surface area contributed by atoms with Crippen LogP contribution >= 0.6 is 11.3 Å². The Hall–Kier alpha value is -2.53. The van der Waals surface area contributed by atoms with Crippen LogP contribution in [0.25, 0.3) is 11.1 Å². The summed E-state index contributed by atoms with van der Waals surface area (Å²) in [5.74, 6) is -0.143. The Kier molecular flexibility index (Phi) is 4.25. The number of hydrogen-bond acceptors (Lipinski definition) is 4. The van der Waals surface area contributed by atoms with E-state index < -0.39 is 0 Å². The SMILES string of the molecule is Cc1nc(CNC(=O)c2cncc(-c3ccccc3)c2)cs1. The first-order chi connectivity index (χ1) is 10.7. The molecule has 22 heavy (non-hydrogen) atoms. The Morgan fingerprint density at radius 1 is 1.18 bits per heavy atom. The highest BCUT2D eigenvalue weighted by Crippen LogP contribution is 2.18. The Balaban J connectivity index is 1.73. The van der Waals surface area contributed by atoms with Crippen LogP contribution in [0.15, 0.2) is 54.2 Å². The lowest BCUT2D eigenvalue weighted by molar-refractivity contribution is 0.0950. The third-order valence-corrected chi connectivity index (χ3v) is 4.03. The van der Waals surface area contributed by atoms with E-state index in [1.54, 1.807) is 23.7 Å². The average Bonchev–Trinajstić information content (AvgIpc) is 2.99. The van der Waals surface area contributed by atoms with Gasteiger partial charge in [-0.15, -0.1) is 11.3 Å². The fraction of sp³-hybridized carbons (Fsp3) is 0.118. The highest BCUT2D eigenvalue weighted by Gasteiger charge is 2.08. The second-order valence-electron chi connectivity index (χ2n) is 4.87. The van der Waals surface area contributed by atoms with E-state index in [0.29, 0.717) is 12.1 Å². The lowest BCUT2D eigenvalue weighted by atomic mass is 10.1. The van der Waals surface area contributed by atoms with Crippen molar-refractivity contribution in [2.24, 2.45) is 0 Å². The van der Waals surface area contributed by atoms with Gasteiger partial charge in [0.1, 0.15) is 0 Å². The molecule has 4 nitrogen and oxygen atoms in total. The van der Waals surface area contributed by atoms with Crippen molar-refractivity contribution in [3.05, 3.63) is 70.4 Å². The van der Waals surface area contributed by atoms with E-state index in [2.05, 4.69) is 15.3 Å². The molecule has 0 aliphatic rings. The molecule has 0 saturated heterocycles. The molecule has 0 aliphatic carbocycles. The summed E-state index contributed by atoms with van der Waals surface area (Å²) >= 11 is 1.58. The van der Waals surface area contributed by atoms with Crippen LogP contribution in [0, 0.1) is 6.92 Å². The topological polar surface area (TPSA) is 54.9 Å². The second kappa shape index (κ2) is 6.49. The molecule has 0 fully saturated rings. The number of aromatic nitrogens is 2. The molecule has 0 radical (unpaired) electrons. The van der Waals surface area contributed by atoms with Gasteiger partial charge in [0, 0.05) is 23.3 Å². The van der Waals surface area contributed by atoms with E-state index in [1.165, 1.54) is 0 Å². The molecule has 0 aliphatic heterocycles. The molecule has 2 heterocycles. The zero-order valence-electron chi connectivity index (χ0n) is 12.1. The third-order valence-electron chi connectivity index (χ3n) is 3.20. The molecular weight excluding hydrogens is 294 g/mol. The number of nitrogens with zero attached hydrogens (tertiary/aromatic N) is 2. The van der Waals surface area contributed by atoms with Gasteiger partial charge in [0.05, 0.1) is 22.8 Å². The van der Waals surface area contributed by atoms with Crippen LogP contribution in [0.3, 0.4) is 0 Å². The fourth-order valence-electron chi connectivity index (χ4n) is 2.11. The lowest BCUT2D eigenvalue weighted by Crippen LogP contribution is -2.23. The summed E-state index contributed by atoms with van der Waals surface area (Å²) < 4.78 is 0. The molecule has 0 bridgehead atoms. The summed E-state index contributed by atoms with van der Waals surface area (Å²) in [5.41, 5.74) is 3.40. The van der Waals surface area contributed by atoms with Gasteiger partial charge in [0.25, 0.3) is 5.91 Å². The first-order valence-electron chi connectivity index (χ1n) is 6.92. The number of hydrogen-bond donors (Lipinski definition) is 1. The van der Waals surface area contributed by atoms with Gasteiger partial charge in [-0.2, -0.15) is 0 Å². The molecule has 2 aromatic heterocycles. The van der Waals surface area contributed by atoms with Crippen LogP contribution in [0.1, 0.15) is 21.1 Å². The van der Waals surface area contributed by atoms with E-state index in [4.69, 9.17) is 0 Å². The summed E-state index contributed by atoms with van der Waals surface area (Å²) in [5, 5.41) is 5.82. The van der Waals surface area contributed by atoms with Gasteiger partial charge in [-0.25, -0.2) is 4.98 Å². The van der Waals surface area contributed by atoms with Gasteiger partial charge < -0.3 is 5.32 Å². The van der Waals surface area contributed by atoms with Gasteiger partial charge in [-0.05, 0) is 18.6 Å². The molecule has 0 saturated carbocycles. The maximum absolute atomic E-state index is 12.2. The Bertz CT molecular complexity index is 783. The summed E-state index contributed by atoms with van der Waals surface area (Å²) in [4.78, 5) is 20.7. The van der Waals surface area contributed by atoms with Crippen molar-refractivity contribution in [3.8, 4) is 11.1 Å². The zero-order chi connectivity index (χ0) is 15.4. The highest BCUT2D eigenvalue weighted by molar-refractivity contribution is 7.09. The van der Waals surface area contributed by atoms with Crippen molar-refractivity contribution in [1.82, 2.24) is 15.3 Å². The summed E-state index contributed by atoms with van der Waals surface area (Å²) in [6.45, 7) is 2.38. The van der Waals surface area contributed by atoms with Gasteiger partial charge in [0.15, 0.2) is 0 Å². The minimum Gasteiger partial charge on any atom is -0.346 e. The number of nitrogens with one attached hydrogen (secondary N) is 1. The van der Waals surface area contributed by atoms with Gasteiger partial charge >= 0.3 is 0 Å². The smallest absolute Gasteiger partial charge is 0.253 e. The van der Waals surface area contributed by atoms with Crippen molar-refractivity contribution in [1.29, 1.82) is 0 Å². The maximum Gasteiger partial charge on any atom is 0.253 e. The number of rotatable bonds is 4. The quantitative estimate of drug-likeness (QED) is 0.803. The molecule has 0 spiro atoms. The predicted octanol–water partition coefficient (Wildman–Crippen LogP) is 3.44. The zero-order valence-corrected chi connectivity index (χ0v) is 12.9. The first kappa shape index (κ1) is 14.4. The van der Waals surface area contributed by atoms with Gasteiger partial charge in [-0.3, -0.25) is 9.78 Å². The van der Waals surface area contributed by atoms with E-state index in [9.17, 15) is 4.79 Å². The lowest BCUT2D eigenvalue weighted by Gasteiger charge is -2.06. The Labute approximate surface area is 132 Å². The van der Waals surface area contributed by atoms with Crippen LogP contribution < -0.4 is 5.32 Å². The molecule has 1 N–H and O–H groups in total. The molecule has 0 unspecified atom stereocenters. The Morgan fingerprint density at radius 2 is 2.00 bits per heavy atom. The fourth-order valence-corrected chi connectivity index (χ4v) is 2.73. The number of thiazole rings is 1. The van der Waals surface area contributed by atoms with Crippen molar-refractivity contribution in [3.63, 3.8) is 0 Å². The monoisotopic (exact) mass is 309 g/mol. The van der Waals surface area contributed by atoms with E-state index in [1.807, 2.05) is 48.7 Å². The standard InChI is InChI=1S/C17H15N3OS/c1-12-20-16(11-22-12)10-19-17(21)15-7-14(8-18-9-15)13-5-3-2-4-6-13/h2-9,11H,10H2,1H3,(H,19,21). The van der Waals surface area contributed by atoms with Crippen LogP contribution in [-0.4, -0.2) is 15.9 Å². The van der Waals surface area contributed by atoms with Crippen molar-refractivity contribution >= 4 is 17.2 Å². The molecule has 3 rings (SSSR count). The number of aryl methyl sites for hydroxylation is 1. The predicted molar refractivity (Wildman–Crippen MR) is 87.7 cm³/mol. The molecule has 110 valence electrons. The maximum atomic E-state index is 12.2. The van der Waals surface area contributed by atoms with Crippen molar-refractivity contribution < 1.29 is 4.79 Å². The average molecular weight is 309 g/mol. The second-order valence-corrected chi connectivity index (χ2v) is 5.93. The molecular formula is C17H15N3OS. The molecule has 0 atom stereocenters. The minimum absolute atomic E-state index is 0.143. The van der Waals surface area contributed by atoms with Crippen LogP contribution in [-0.2, 0) is 6.54 Å². The summed E-state index contributed by atoms with van der Waals surface area (Å²) in [7, 11) is 0. The minimum atomic E-state index is -0.143. The van der Waals surface area contributed by atoms with Crippen LogP contribution in [0.4, 0.5) is 0 Å². The largest absolute Gasteiger partial charge is 0.346 e. The third kappa shape index (κ3) is 3.38. The number of pyridine rings is 1. The van der Waals surface area contributed by atoms with Crippen molar-refractivity contribution in [2.45, 2.75) is 13.5 Å². The van der Waals surface area contributed by atoms with Gasteiger partial charge in [-0.1, -0.05) is 30.3 Å². The van der Waals surface area contributed by atoms with Crippen molar-refractivity contribution in [2.75, 3.05) is 0 Å². The van der Waals surface area contributed by atoms with Crippen LogP contribution in [0.2, 0.25) is 0 Å². The highest BCUT2D eigenvalue weighted by atomic mass is 32.1. The van der Waals surface area contributed by atoms with E-state index >= 15 is 0 Å². The summed E-state index contributed by atoms with van der Waals surface area (Å²) in [6, 6.07) is 11.7. The molecule has 1 aromatic carbocycles. The number of amides is 1. The molecule has 5 heteroatoms. The first-order valence-corrected chi connectivity index (χ1v) is 7.80. The van der Waals surface area contributed by atoms with E-state index in [0.717, 1.165) is 21.8 Å². The normalized spacial score (nSPS) is 10.4. The van der Waals surface area contributed by atoms with Crippen LogP contribution in [0.5, 0.6) is 0 Å². The number of carbonyl (C=O) groups is 1. The van der Waals surface area contributed by atoms with Gasteiger partial charge in [0.2, 0.25) is 0 Å². The molecule has 3 aromatic rings. The number of carbonyl (C=O) groups excluding carboxylic acids is 1. The van der Waals surface area contributed by atoms with E-state index in [-0.39, 0.29) is 5.91 Å². The summed E-state index contributed by atoms with van der Waals surface area (Å²) in [6.07, 6.45) is 3.34. The molecule has 1 amide bonds.